The fourth-order valence-electron chi connectivity index (χ4n) is 1.30. The Hall–Kier alpha value is -0.850. The first-order valence-corrected chi connectivity index (χ1v) is 6.85. The first-order valence-electron chi connectivity index (χ1n) is 6.85. The number of rotatable bonds is 10. The van der Waals surface area contributed by atoms with Gasteiger partial charge in [0, 0.05) is 0 Å². The van der Waals surface area contributed by atoms with Crippen LogP contribution in [0.3, 0.4) is 0 Å². The summed E-state index contributed by atoms with van der Waals surface area (Å²) in [5.41, 5.74) is 10.4. The summed E-state index contributed by atoms with van der Waals surface area (Å²) >= 11 is 0. The van der Waals surface area contributed by atoms with E-state index < -0.39 is 49.6 Å². The Morgan fingerprint density at radius 1 is 0.909 bits per heavy atom. The number of carbonyl (C=O) groups is 1. The second-order valence-electron chi connectivity index (χ2n) is 4.71. The monoisotopic (exact) mass is 328 g/mol. The Labute approximate surface area is 128 Å². The average Bonchev–Trinajstić information content (AvgIpc) is 2.52. The molecule has 5 atom stereocenters. The predicted molar refractivity (Wildman–Crippen MR) is 76.7 cm³/mol. The molecule has 0 aromatic rings. The molecule has 10 nitrogen and oxygen atoms in total. The first kappa shape index (κ1) is 23.4. The number of carboxylic acids is 1. The molecule has 10 heteroatoms. The molecule has 134 valence electrons. The van der Waals surface area contributed by atoms with Gasteiger partial charge in [0.2, 0.25) is 0 Å². The summed E-state index contributed by atoms with van der Waals surface area (Å²) in [6.45, 7) is -0.848. The molecule has 0 saturated heterocycles. The van der Waals surface area contributed by atoms with Gasteiger partial charge >= 0.3 is 5.97 Å². The van der Waals surface area contributed by atoms with E-state index >= 15 is 0 Å². The van der Waals surface area contributed by atoms with Crippen LogP contribution in [0.25, 0.3) is 0 Å². The fraction of sp³-hybridized carbons (Fsp3) is 0.917. The van der Waals surface area contributed by atoms with Crippen molar-refractivity contribution in [3.63, 3.8) is 0 Å². The van der Waals surface area contributed by atoms with Crippen LogP contribution in [0, 0.1) is 0 Å². The second-order valence-corrected chi connectivity index (χ2v) is 4.71. The van der Waals surface area contributed by atoms with Gasteiger partial charge in [-0.2, -0.15) is 0 Å². The van der Waals surface area contributed by atoms with Crippen LogP contribution in [0.5, 0.6) is 0 Å². The molecule has 0 aliphatic heterocycles. The smallest absolute Gasteiger partial charge is 0.320 e. The van der Waals surface area contributed by atoms with E-state index in [2.05, 4.69) is 0 Å². The molecule has 11 N–H and O–H groups in total. The van der Waals surface area contributed by atoms with Crippen LogP contribution in [-0.2, 0) is 4.79 Å². The standard InChI is InChI=1S/C6H14N2O2.C6H14O6/c7-4-2-1-3-5(8)6(9)10;7-1-3(9)5(11)6(12)4(10)2-8/h5H,1-4,7-8H2,(H,9,10);3-12H,1-2H2. The molecular weight excluding hydrogens is 300 g/mol. The van der Waals surface area contributed by atoms with Crippen molar-refractivity contribution < 1.29 is 40.5 Å². The molecule has 0 spiro atoms. The Balaban J connectivity index is 0. The maximum atomic E-state index is 10.1. The molecule has 0 aromatic carbocycles. The topological polar surface area (TPSA) is 211 Å². The first-order chi connectivity index (χ1) is 10.2. The summed E-state index contributed by atoms with van der Waals surface area (Å²) in [6, 6.07) is -0.716. The molecule has 0 rings (SSSR count). The Morgan fingerprint density at radius 2 is 1.32 bits per heavy atom. The molecule has 0 amide bonds. The van der Waals surface area contributed by atoms with Gasteiger partial charge in [-0.1, -0.05) is 6.42 Å². The lowest BCUT2D eigenvalue weighted by molar-refractivity contribution is -0.138. The van der Waals surface area contributed by atoms with Gasteiger partial charge < -0.3 is 47.2 Å². The van der Waals surface area contributed by atoms with Gasteiger partial charge in [0.1, 0.15) is 30.5 Å². The van der Waals surface area contributed by atoms with Gasteiger partial charge in [-0.15, -0.1) is 0 Å². The largest absolute Gasteiger partial charge is 0.480 e. The van der Waals surface area contributed by atoms with Gasteiger partial charge in [0.25, 0.3) is 0 Å². The summed E-state index contributed by atoms with van der Waals surface area (Å²) in [5, 5.41) is 60.5. The Bertz CT molecular complexity index is 268. The van der Waals surface area contributed by atoms with E-state index in [0.717, 1.165) is 12.8 Å². The normalized spacial score (nSPS) is 17.6. The van der Waals surface area contributed by atoms with Crippen molar-refractivity contribution in [2.75, 3.05) is 19.8 Å². The molecule has 0 heterocycles. The third kappa shape index (κ3) is 10.8. The number of carboxylic acid groups (broad SMARTS) is 1. The number of aliphatic hydroxyl groups excluding tert-OH is 6. The van der Waals surface area contributed by atoms with Crippen LogP contribution in [0.2, 0.25) is 0 Å². The number of unbranched alkanes of at least 4 members (excludes halogenated alkanes) is 1. The van der Waals surface area contributed by atoms with Crippen molar-refractivity contribution in [3.8, 4) is 0 Å². The fourth-order valence-corrected chi connectivity index (χ4v) is 1.30. The zero-order valence-electron chi connectivity index (χ0n) is 12.3. The summed E-state index contributed by atoms with van der Waals surface area (Å²) in [4.78, 5) is 10.1. The summed E-state index contributed by atoms with van der Waals surface area (Å²) in [7, 11) is 0. The highest BCUT2D eigenvalue weighted by Gasteiger charge is 2.29. The van der Waals surface area contributed by atoms with E-state index in [0.29, 0.717) is 13.0 Å². The highest BCUT2D eigenvalue weighted by atomic mass is 16.4. The van der Waals surface area contributed by atoms with Gasteiger partial charge in [0.05, 0.1) is 13.2 Å². The van der Waals surface area contributed by atoms with Gasteiger partial charge in [-0.25, -0.2) is 0 Å². The molecule has 0 fully saturated rings. The van der Waals surface area contributed by atoms with Crippen molar-refractivity contribution >= 4 is 5.97 Å². The summed E-state index contributed by atoms with van der Waals surface area (Å²) < 4.78 is 0. The minimum absolute atomic E-state index is 0.520. The molecule has 0 saturated carbocycles. The van der Waals surface area contributed by atoms with E-state index in [-0.39, 0.29) is 0 Å². The minimum Gasteiger partial charge on any atom is -0.480 e. The Kier molecular flexibility index (Phi) is 14.7. The number of aliphatic carboxylic acids is 1. The van der Waals surface area contributed by atoms with Crippen LogP contribution < -0.4 is 11.5 Å². The zero-order valence-corrected chi connectivity index (χ0v) is 12.3. The van der Waals surface area contributed by atoms with Crippen LogP contribution in [0.1, 0.15) is 19.3 Å². The summed E-state index contributed by atoms with van der Waals surface area (Å²) in [6.07, 6.45) is -4.23. The van der Waals surface area contributed by atoms with Crippen molar-refractivity contribution in [2.24, 2.45) is 11.5 Å². The van der Waals surface area contributed by atoms with Crippen LogP contribution >= 0.6 is 0 Å². The lowest BCUT2D eigenvalue weighted by Crippen LogP contribution is -2.46. The number of hydrogen-bond donors (Lipinski definition) is 9. The highest BCUT2D eigenvalue weighted by molar-refractivity contribution is 5.72. The molecule has 0 aromatic heterocycles. The second kappa shape index (κ2) is 13.8. The molecular formula is C12H28N2O8. The van der Waals surface area contributed by atoms with E-state index in [1.807, 2.05) is 0 Å². The quantitative estimate of drug-likeness (QED) is 0.177. The molecule has 0 bridgehead atoms. The lowest BCUT2D eigenvalue weighted by atomic mass is 10.0. The lowest BCUT2D eigenvalue weighted by Gasteiger charge is -2.24. The van der Waals surface area contributed by atoms with Crippen LogP contribution in [0.4, 0.5) is 0 Å². The summed E-state index contributed by atoms with van der Waals surface area (Å²) in [5.74, 6) is -0.933. The molecule has 22 heavy (non-hydrogen) atoms. The van der Waals surface area contributed by atoms with E-state index in [4.69, 9.17) is 47.2 Å². The van der Waals surface area contributed by atoms with Crippen molar-refractivity contribution in [3.05, 3.63) is 0 Å². The Morgan fingerprint density at radius 3 is 1.59 bits per heavy atom. The van der Waals surface area contributed by atoms with E-state index in [1.54, 1.807) is 0 Å². The third-order valence-corrected chi connectivity index (χ3v) is 2.80. The van der Waals surface area contributed by atoms with Crippen molar-refractivity contribution in [2.45, 2.75) is 49.7 Å². The van der Waals surface area contributed by atoms with Crippen molar-refractivity contribution in [1.29, 1.82) is 0 Å². The van der Waals surface area contributed by atoms with Gasteiger partial charge in [-0.3, -0.25) is 4.79 Å². The van der Waals surface area contributed by atoms with Crippen LogP contribution in [0.15, 0.2) is 0 Å². The maximum absolute atomic E-state index is 10.1. The number of nitrogens with two attached hydrogens (primary N) is 2. The molecule has 0 aliphatic rings. The predicted octanol–water partition coefficient (Wildman–Crippen LogP) is -4.06. The molecule has 0 aliphatic carbocycles. The minimum atomic E-state index is -1.67. The van der Waals surface area contributed by atoms with Crippen molar-refractivity contribution in [1.82, 2.24) is 0 Å². The number of hydrogen-bond acceptors (Lipinski definition) is 9. The van der Waals surface area contributed by atoms with E-state index in [1.165, 1.54) is 0 Å². The highest BCUT2D eigenvalue weighted by Crippen LogP contribution is 2.04. The maximum Gasteiger partial charge on any atom is 0.320 e. The van der Waals surface area contributed by atoms with Gasteiger partial charge in [0.15, 0.2) is 0 Å². The average molecular weight is 328 g/mol. The van der Waals surface area contributed by atoms with Crippen LogP contribution in [-0.4, -0.2) is 91.9 Å². The zero-order chi connectivity index (χ0) is 17.7. The molecule has 0 radical (unpaired) electrons. The SMILES string of the molecule is NCCCCC(N)C(=O)O.OCC(O)C(O)C(O)C(O)CO. The number of aliphatic hydroxyl groups is 6. The third-order valence-electron chi connectivity index (χ3n) is 2.80. The molecule has 5 unspecified atom stereocenters. The van der Waals surface area contributed by atoms with Gasteiger partial charge in [-0.05, 0) is 19.4 Å². The van der Waals surface area contributed by atoms with E-state index in [9.17, 15) is 4.79 Å².